The summed E-state index contributed by atoms with van der Waals surface area (Å²) in [7, 11) is 0. The number of carbonyl (C=O) groups is 1. The molecule has 0 spiro atoms. The van der Waals surface area contributed by atoms with Crippen LogP contribution in [-0.2, 0) is 4.79 Å². The number of alkyl halides is 9. The van der Waals surface area contributed by atoms with Crippen molar-refractivity contribution in [2.24, 2.45) is 0 Å². The Balaban J connectivity index is 4.88. The fourth-order valence-corrected chi connectivity index (χ4v) is 1.90. The molecule has 0 aliphatic carbocycles. The van der Waals surface area contributed by atoms with Crippen LogP contribution in [0, 0.1) is 0 Å². The van der Waals surface area contributed by atoms with Crippen molar-refractivity contribution < 1.29 is 44.3 Å². The second-order valence-corrected chi connectivity index (χ2v) is 5.13. The quantitative estimate of drug-likeness (QED) is 0.627. The molecule has 21 heavy (non-hydrogen) atoms. The van der Waals surface area contributed by atoms with E-state index in [0.717, 1.165) is 0 Å². The highest BCUT2D eigenvalue weighted by atomic mass is 32.2. The molecule has 0 N–H and O–H groups in total. The van der Waals surface area contributed by atoms with Crippen LogP contribution in [-0.4, -0.2) is 41.2 Å². The van der Waals surface area contributed by atoms with E-state index in [2.05, 4.69) is 0 Å². The fraction of sp³-hybridized carbons (Fsp3) is 0.900. The number of rotatable bonds is 7. The van der Waals surface area contributed by atoms with Crippen molar-refractivity contribution in [3.8, 4) is 0 Å². The first-order chi connectivity index (χ1) is 9.28. The summed E-state index contributed by atoms with van der Waals surface area (Å²) < 4.78 is 113. The summed E-state index contributed by atoms with van der Waals surface area (Å²) >= 11 is 0.372. The molecule has 126 valence electrons. The standard InChI is InChI=1S/C10H11F9OS/c1-2-6(20)21-4-3-5(11)8(13,14)9(15,16)7(12)10(17,18)19/h5,7H,2-4H2,1H3. The Bertz CT molecular complexity index is 355. The Kier molecular flexibility index (Phi) is 6.89. The largest absolute Gasteiger partial charge is 0.425 e. The summed E-state index contributed by atoms with van der Waals surface area (Å²) in [6.07, 6.45) is -16.5. The number of thioether (sulfide) groups is 1. The van der Waals surface area contributed by atoms with E-state index in [-0.39, 0.29) is 6.42 Å². The molecule has 0 aromatic carbocycles. The van der Waals surface area contributed by atoms with Crippen LogP contribution in [0.1, 0.15) is 19.8 Å². The lowest BCUT2D eigenvalue weighted by Crippen LogP contribution is -2.57. The lowest BCUT2D eigenvalue weighted by molar-refractivity contribution is -0.318. The minimum Gasteiger partial charge on any atom is -0.287 e. The average molecular weight is 350 g/mol. The maximum absolute atomic E-state index is 13.1. The molecule has 0 aromatic heterocycles. The Morgan fingerprint density at radius 1 is 1.00 bits per heavy atom. The zero-order valence-corrected chi connectivity index (χ0v) is 11.3. The molecule has 2 unspecified atom stereocenters. The van der Waals surface area contributed by atoms with Crippen LogP contribution < -0.4 is 0 Å². The zero-order valence-electron chi connectivity index (χ0n) is 10.5. The van der Waals surface area contributed by atoms with Gasteiger partial charge in [-0.05, 0) is 6.42 Å². The van der Waals surface area contributed by atoms with Gasteiger partial charge in [0.25, 0.3) is 6.17 Å². The summed E-state index contributed by atoms with van der Waals surface area (Å²) in [5.41, 5.74) is 0. The van der Waals surface area contributed by atoms with Gasteiger partial charge in [-0.2, -0.15) is 30.7 Å². The van der Waals surface area contributed by atoms with Gasteiger partial charge in [0.05, 0.1) is 0 Å². The van der Waals surface area contributed by atoms with E-state index < -0.39 is 47.7 Å². The van der Waals surface area contributed by atoms with E-state index in [1.54, 1.807) is 0 Å². The van der Waals surface area contributed by atoms with Gasteiger partial charge in [-0.25, -0.2) is 8.78 Å². The molecule has 0 heterocycles. The van der Waals surface area contributed by atoms with Crippen molar-refractivity contribution in [3.05, 3.63) is 0 Å². The SMILES string of the molecule is CCC(=O)SCCC(F)C(F)(F)C(F)(F)C(F)C(F)(F)F. The van der Waals surface area contributed by atoms with Gasteiger partial charge in [-0.1, -0.05) is 18.7 Å². The van der Waals surface area contributed by atoms with Crippen LogP contribution in [0.5, 0.6) is 0 Å². The molecule has 0 fully saturated rings. The third-order valence-corrected chi connectivity index (χ3v) is 3.42. The number of hydrogen-bond acceptors (Lipinski definition) is 2. The second kappa shape index (κ2) is 7.10. The zero-order chi connectivity index (χ0) is 17.1. The molecule has 0 amide bonds. The first-order valence-corrected chi connectivity index (χ1v) is 6.53. The highest BCUT2D eigenvalue weighted by molar-refractivity contribution is 8.13. The molecule has 0 aliphatic rings. The van der Waals surface area contributed by atoms with E-state index in [4.69, 9.17) is 0 Å². The van der Waals surface area contributed by atoms with E-state index in [9.17, 15) is 44.3 Å². The van der Waals surface area contributed by atoms with Gasteiger partial charge in [0.2, 0.25) is 0 Å². The topological polar surface area (TPSA) is 17.1 Å². The van der Waals surface area contributed by atoms with Gasteiger partial charge in [0.1, 0.15) is 0 Å². The maximum atomic E-state index is 13.1. The first kappa shape index (κ1) is 20.4. The summed E-state index contributed by atoms with van der Waals surface area (Å²) in [6, 6.07) is 0. The predicted molar refractivity (Wildman–Crippen MR) is 58.1 cm³/mol. The molecule has 2 atom stereocenters. The van der Waals surface area contributed by atoms with Crippen molar-refractivity contribution in [1.29, 1.82) is 0 Å². The smallest absolute Gasteiger partial charge is 0.287 e. The van der Waals surface area contributed by atoms with Crippen molar-refractivity contribution in [2.45, 2.75) is 50.1 Å². The van der Waals surface area contributed by atoms with Crippen LogP contribution in [0.15, 0.2) is 0 Å². The Morgan fingerprint density at radius 3 is 1.86 bits per heavy atom. The van der Waals surface area contributed by atoms with Crippen molar-refractivity contribution in [2.75, 3.05) is 5.75 Å². The van der Waals surface area contributed by atoms with Crippen LogP contribution in [0.3, 0.4) is 0 Å². The Hall–Kier alpha value is -0.610. The first-order valence-electron chi connectivity index (χ1n) is 5.54. The van der Waals surface area contributed by atoms with Crippen molar-refractivity contribution in [3.63, 3.8) is 0 Å². The van der Waals surface area contributed by atoms with Gasteiger partial charge < -0.3 is 0 Å². The molecule has 0 aliphatic heterocycles. The van der Waals surface area contributed by atoms with Gasteiger partial charge in [0, 0.05) is 12.2 Å². The van der Waals surface area contributed by atoms with E-state index >= 15 is 0 Å². The van der Waals surface area contributed by atoms with Crippen LogP contribution >= 0.6 is 11.8 Å². The fourth-order valence-electron chi connectivity index (χ4n) is 1.14. The van der Waals surface area contributed by atoms with E-state index in [0.29, 0.717) is 11.8 Å². The number of halogens is 9. The molecule has 0 aromatic rings. The molecule has 11 heteroatoms. The summed E-state index contributed by atoms with van der Waals surface area (Å²) in [5, 5.41) is -0.532. The average Bonchev–Trinajstić information content (AvgIpc) is 2.35. The van der Waals surface area contributed by atoms with Crippen molar-refractivity contribution in [1.82, 2.24) is 0 Å². The highest BCUT2D eigenvalue weighted by Gasteiger charge is 2.72. The lowest BCUT2D eigenvalue weighted by Gasteiger charge is -2.31. The van der Waals surface area contributed by atoms with E-state index in [1.165, 1.54) is 6.92 Å². The number of carbonyl (C=O) groups excluding carboxylic acids is 1. The molecular weight excluding hydrogens is 339 g/mol. The van der Waals surface area contributed by atoms with Crippen LogP contribution in [0.2, 0.25) is 0 Å². The molecule has 0 rings (SSSR count). The molecule has 0 radical (unpaired) electrons. The molecular formula is C10H11F9OS. The molecule has 0 saturated carbocycles. The van der Waals surface area contributed by atoms with Gasteiger partial charge in [-0.3, -0.25) is 4.79 Å². The third kappa shape index (κ3) is 4.96. The third-order valence-electron chi connectivity index (χ3n) is 2.37. The van der Waals surface area contributed by atoms with Crippen LogP contribution in [0.4, 0.5) is 39.5 Å². The van der Waals surface area contributed by atoms with E-state index in [1.807, 2.05) is 0 Å². The highest BCUT2D eigenvalue weighted by Crippen LogP contribution is 2.47. The minimum atomic E-state index is -6.25. The summed E-state index contributed by atoms with van der Waals surface area (Å²) in [4.78, 5) is 10.8. The van der Waals surface area contributed by atoms with Gasteiger partial charge >= 0.3 is 18.0 Å². The maximum Gasteiger partial charge on any atom is 0.425 e. The molecule has 0 bridgehead atoms. The van der Waals surface area contributed by atoms with Gasteiger partial charge in [-0.15, -0.1) is 0 Å². The second-order valence-electron chi connectivity index (χ2n) is 3.98. The minimum absolute atomic E-state index is 0.0190. The van der Waals surface area contributed by atoms with Gasteiger partial charge in [0.15, 0.2) is 11.3 Å². The Labute approximate surface area is 118 Å². The normalized spacial score (nSPS) is 16.7. The van der Waals surface area contributed by atoms with Crippen LogP contribution in [0.25, 0.3) is 0 Å². The Morgan fingerprint density at radius 2 is 1.48 bits per heavy atom. The summed E-state index contributed by atoms with van der Waals surface area (Å²) in [6.45, 7) is 1.40. The molecule has 1 nitrogen and oxygen atoms in total. The number of hydrogen-bond donors (Lipinski definition) is 0. The monoisotopic (exact) mass is 350 g/mol. The predicted octanol–water partition coefficient (Wildman–Crippen LogP) is 4.56. The van der Waals surface area contributed by atoms with Crippen molar-refractivity contribution >= 4 is 16.9 Å². The molecule has 0 saturated heterocycles. The summed E-state index contributed by atoms with van der Waals surface area (Å²) in [5.74, 6) is -12.7. The lowest BCUT2D eigenvalue weighted by atomic mass is 10.0.